The number of hydrogen-bond acceptors (Lipinski definition) is 7. The third kappa shape index (κ3) is 2.75. The van der Waals surface area contributed by atoms with Crippen LogP contribution in [0.15, 0.2) is 4.99 Å². The van der Waals surface area contributed by atoms with E-state index in [4.69, 9.17) is 4.74 Å². The van der Waals surface area contributed by atoms with Crippen molar-refractivity contribution >= 4 is 16.9 Å². The monoisotopic (exact) mass is 290 g/mol. The second kappa shape index (κ2) is 5.21. The highest BCUT2D eigenvalue weighted by Gasteiger charge is 2.52. The molecule has 2 aliphatic rings. The first kappa shape index (κ1) is 15.1. The lowest BCUT2D eigenvalue weighted by atomic mass is 9.89. The van der Waals surface area contributed by atoms with Gasteiger partial charge in [0, 0.05) is 13.6 Å². The van der Waals surface area contributed by atoms with E-state index >= 15 is 0 Å². The lowest BCUT2D eigenvalue weighted by Crippen LogP contribution is -2.61. The molecule has 0 aromatic carbocycles. The van der Waals surface area contributed by atoms with Crippen LogP contribution in [0.3, 0.4) is 0 Å². The SMILES string of the molecule is CCN(C)C1=N[C@@H]2C(O)[C@H](O)C(C(C)(C)O)O[C@@H]2S1. The van der Waals surface area contributed by atoms with Gasteiger partial charge in [0.2, 0.25) is 0 Å². The minimum atomic E-state index is -1.22. The van der Waals surface area contributed by atoms with Gasteiger partial charge in [-0.1, -0.05) is 11.8 Å². The first-order chi connectivity index (χ1) is 8.75. The molecule has 110 valence electrons. The molecule has 3 N–H and O–H groups in total. The quantitative estimate of drug-likeness (QED) is 0.643. The van der Waals surface area contributed by atoms with E-state index < -0.39 is 30.0 Å². The standard InChI is InChI=1S/C12H22N2O4S/c1-5-14(4)11-13-6-7(15)8(16)9(12(2,3)17)18-10(6)19-11/h6-10,15-17H,5H2,1-4H3/t6-,7?,8+,9?,10-/m1/s1. The summed E-state index contributed by atoms with van der Waals surface area (Å²) in [5.74, 6) is 0. The number of nitrogens with zero attached hydrogens (tertiary/aromatic N) is 2. The summed E-state index contributed by atoms with van der Waals surface area (Å²) in [6.07, 6.45) is -2.99. The first-order valence-corrected chi connectivity index (χ1v) is 7.33. The van der Waals surface area contributed by atoms with E-state index in [1.165, 1.54) is 11.8 Å². The Labute approximate surface area is 117 Å². The van der Waals surface area contributed by atoms with Crippen molar-refractivity contribution in [1.82, 2.24) is 4.90 Å². The molecule has 1 fully saturated rings. The van der Waals surface area contributed by atoms with Crippen LogP contribution in [0.1, 0.15) is 20.8 Å². The molecule has 0 amide bonds. The molecular weight excluding hydrogens is 268 g/mol. The van der Waals surface area contributed by atoms with Crippen LogP contribution in [0.25, 0.3) is 0 Å². The van der Waals surface area contributed by atoms with Crippen molar-refractivity contribution in [3.05, 3.63) is 0 Å². The van der Waals surface area contributed by atoms with Crippen molar-refractivity contribution in [2.24, 2.45) is 4.99 Å². The molecule has 0 aliphatic carbocycles. The number of rotatable bonds is 2. The van der Waals surface area contributed by atoms with Gasteiger partial charge in [-0.25, -0.2) is 0 Å². The highest BCUT2D eigenvalue weighted by atomic mass is 32.2. The van der Waals surface area contributed by atoms with Crippen LogP contribution in [0.2, 0.25) is 0 Å². The molecule has 19 heavy (non-hydrogen) atoms. The van der Waals surface area contributed by atoms with E-state index in [2.05, 4.69) is 4.99 Å². The van der Waals surface area contributed by atoms with Crippen LogP contribution in [0, 0.1) is 0 Å². The third-order valence-corrected chi connectivity index (χ3v) is 4.80. The Kier molecular flexibility index (Phi) is 4.13. The maximum Gasteiger partial charge on any atom is 0.162 e. The zero-order chi connectivity index (χ0) is 14.4. The number of aliphatic hydroxyl groups is 3. The fraction of sp³-hybridized carbons (Fsp3) is 0.917. The number of fused-ring (bicyclic) bond motifs is 1. The molecule has 5 atom stereocenters. The average molecular weight is 290 g/mol. The van der Waals surface area contributed by atoms with Gasteiger partial charge in [0.15, 0.2) is 5.17 Å². The molecule has 2 rings (SSSR count). The second-order valence-corrected chi connectivity index (χ2v) is 6.66. The fourth-order valence-electron chi connectivity index (χ4n) is 2.25. The Morgan fingerprint density at radius 1 is 1.37 bits per heavy atom. The van der Waals surface area contributed by atoms with Gasteiger partial charge in [0.05, 0.1) is 5.60 Å². The van der Waals surface area contributed by atoms with Crippen molar-refractivity contribution in [1.29, 1.82) is 0 Å². The highest BCUT2D eigenvalue weighted by molar-refractivity contribution is 8.14. The number of amidine groups is 1. The van der Waals surface area contributed by atoms with Gasteiger partial charge < -0.3 is 25.0 Å². The van der Waals surface area contributed by atoms with Gasteiger partial charge in [-0.15, -0.1) is 0 Å². The van der Waals surface area contributed by atoms with Crippen molar-refractivity contribution in [2.45, 2.75) is 56.2 Å². The third-order valence-electron chi connectivity index (χ3n) is 3.55. The zero-order valence-electron chi connectivity index (χ0n) is 11.6. The van der Waals surface area contributed by atoms with Gasteiger partial charge in [-0.3, -0.25) is 4.99 Å². The van der Waals surface area contributed by atoms with E-state index in [0.29, 0.717) is 0 Å². The smallest absolute Gasteiger partial charge is 0.162 e. The Morgan fingerprint density at radius 3 is 2.53 bits per heavy atom. The molecule has 6 nitrogen and oxygen atoms in total. The number of aliphatic hydroxyl groups excluding tert-OH is 2. The van der Waals surface area contributed by atoms with Crippen molar-refractivity contribution in [3.63, 3.8) is 0 Å². The van der Waals surface area contributed by atoms with Crippen LogP contribution in [0.4, 0.5) is 0 Å². The molecule has 2 unspecified atom stereocenters. The zero-order valence-corrected chi connectivity index (χ0v) is 12.5. The molecule has 1 saturated heterocycles. The highest BCUT2D eigenvalue weighted by Crippen LogP contribution is 2.39. The van der Waals surface area contributed by atoms with Crippen molar-refractivity contribution in [3.8, 4) is 0 Å². The van der Waals surface area contributed by atoms with Gasteiger partial charge in [-0.2, -0.15) is 0 Å². The summed E-state index contributed by atoms with van der Waals surface area (Å²) in [5.41, 5.74) is -1.58. The molecule has 0 saturated carbocycles. The predicted octanol–water partition coefficient (Wildman–Crippen LogP) is -0.373. The van der Waals surface area contributed by atoms with E-state index in [1.54, 1.807) is 13.8 Å². The first-order valence-electron chi connectivity index (χ1n) is 6.45. The van der Waals surface area contributed by atoms with Crippen LogP contribution in [-0.2, 0) is 4.74 Å². The topological polar surface area (TPSA) is 85.5 Å². The van der Waals surface area contributed by atoms with Crippen LogP contribution < -0.4 is 0 Å². The van der Waals surface area contributed by atoms with Gasteiger partial charge >= 0.3 is 0 Å². The average Bonchev–Trinajstić information content (AvgIpc) is 2.75. The molecule has 0 bridgehead atoms. The molecule has 0 aromatic rings. The summed E-state index contributed by atoms with van der Waals surface area (Å²) >= 11 is 1.42. The molecule has 0 aromatic heterocycles. The van der Waals surface area contributed by atoms with Crippen LogP contribution in [-0.4, -0.2) is 74.4 Å². The summed E-state index contributed by atoms with van der Waals surface area (Å²) < 4.78 is 5.74. The van der Waals surface area contributed by atoms with Crippen molar-refractivity contribution < 1.29 is 20.1 Å². The maximum absolute atomic E-state index is 10.2. The number of aliphatic imine (C=N–C) groups is 1. The van der Waals surface area contributed by atoms with Gasteiger partial charge in [0.25, 0.3) is 0 Å². The lowest BCUT2D eigenvalue weighted by Gasteiger charge is -2.43. The van der Waals surface area contributed by atoms with Gasteiger partial charge in [-0.05, 0) is 20.8 Å². The Balaban J connectivity index is 2.17. The predicted molar refractivity (Wildman–Crippen MR) is 74.1 cm³/mol. The molecule has 0 spiro atoms. The Morgan fingerprint density at radius 2 is 2.00 bits per heavy atom. The van der Waals surface area contributed by atoms with E-state index in [9.17, 15) is 15.3 Å². The Hall–Kier alpha value is -0.340. The summed E-state index contributed by atoms with van der Waals surface area (Å²) in [6.45, 7) is 5.94. The van der Waals surface area contributed by atoms with Crippen LogP contribution >= 0.6 is 11.8 Å². The lowest BCUT2D eigenvalue weighted by molar-refractivity contribution is -0.208. The molecule has 2 aliphatic heterocycles. The number of hydrogen-bond donors (Lipinski definition) is 3. The second-order valence-electron chi connectivity index (χ2n) is 5.59. The van der Waals surface area contributed by atoms with Gasteiger partial charge in [0.1, 0.15) is 29.8 Å². The summed E-state index contributed by atoms with van der Waals surface area (Å²) in [7, 11) is 1.92. The normalized spacial score (nSPS) is 38.9. The van der Waals surface area contributed by atoms with Crippen molar-refractivity contribution in [2.75, 3.05) is 13.6 Å². The molecule has 0 radical (unpaired) electrons. The van der Waals surface area contributed by atoms with Crippen LogP contribution in [0.5, 0.6) is 0 Å². The minimum Gasteiger partial charge on any atom is -0.388 e. The number of thioether (sulfide) groups is 1. The van der Waals surface area contributed by atoms with E-state index in [-0.39, 0.29) is 5.44 Å². The van der Waals surface area contributed by atoms with E-state index in [0.717, 1.165) is 11.7 Å². The summed E-state index contributed by atoms with van der Waals surface area (Å²) in [4.78, 5) is 6.38. The number of ether oxygens (including phenoxy) is 1. The maximum atomic E-state index is 10.2. The molecule has 7 heteroatoms. The molecular formula is C12H22N2O4S. The summed E-state index contributed by atoms with van der Waals surface area (Å²) in [5, 5.41) is 31.1. The largest absolute Gasteiger partial charge is 0.388 e. The molecule has 2 heterocycles. The van der Waals surface area contributed by atoms with E-state index in [1.807, 2.05) is 18.9 Å². The fourth-order valence-corrected chi connectivity index (χ4v) is 3.49. The minimum absolute atomic E-state index is 0.362. The summed E-state index contributed by atoms with van der Waals surface area (Å²) in [6, 6.07) is -0.484. The Bertz CT molecular complexity index is 371.